The summed E-state index contributed by atoms with van der Waals surface area (Å²) in [4.78, 5) is 17.1. The van der Waals surface area contributed by atoms with Crippen LogP contribution in [-0.4, -0.2) is 42.9 Å². The second-order valence-corrected chi connectivity index (χ2v) is 7.94. The predicted octanol–water partition coefficient (Wildman–Crippen LogP) is 2.85. The zero-order chi connectivity index (χ0) is 15.2. The lowest BCUT2D eigenvalue weighted by atomic mass is 9.90. The molecule has 0 bridgehead atoms. The van der Waals surface area contributed by atoms with Gasteiger partial charge in [0.05, 0.1) is 18.1 Å². The summed E-state index contributed by atoms with van der Waals surface area (Å²) in [6, 6.07) is 2.14. The number of ether oxygens (including phenoxy) is 2. The van der Waals surface area contributed by atoms with E-state index in [2.05, 4.69) is 13.0 Å². The number of aryl methyl sites for hydroxylation is 1. The number of hydrogen-bond donors (Lipinski definition) is 0. The smallest absolute Gasteiger partial charge is 0.263 e. The molecule has 0 radical (unpaired) electrons. The normalized spacial score (nSPS) is 27.1. The minimum atomic E-state index is -0.402. The topological polar surface area (TPSA) is 38.8 Å². The molecule has 1 atom stereocenters. The Labute approximate surface area is 135 Å². The zero-order valence-corrected chi connectivity index (χ0v) is 13.9. The number of rotatable bonds is 1. The Balaban J connectivity index is 1.44. The number of nitrogens with zero attached hydrogens (tertiary/aromatic N) is 1. The molecule has 22 heavy (non-hydrogen) atoms. The van der Waals surface area contributed by atoms with Crippen LogP contribution >= 0.6 is 11.3 Å². The Morgan fingerprint density at radius 1 is 1.32 bits per heavy atom. The largest absolute Gasteiger partial charge is 0.347 e. The van der Waals surface area contributed by atoms with Crippen LogP contribution in [0, 0.1) is 5.92 Å². The molecular weight excluding hydrogens is 298 g/mol. The van der Waals surface area contributed by atoms with Gasteiger partial charge in [-0.05, 0) is 36.8 Å². The average Bonchev–Trinajstić information content (AvgIpc) is 3.14. The molecular formula is C17H23NO3S. The van der Waals surface area contributed by atoms with E-state index in [4.69, 9.17) is 9.47 Å². The molecule has 1 aliphatic carbocycles. The third-order valence-electron chi connectivity index (χ3n) is 5.17. The summed E-state index contributed by atoms with van der Waals surface area (Å²) in [7, 11) is 0. The fourth-order valence-electron chi connectivity index (χ4n) is 3.80. The second-order valence-electron chi connectivity index (χ2n) is 6.81. The van der Waals surface area contributed by atoms with Crippen LogP contribution in [0.5, 0.6) is 0 Å². The molecule has 3 aliphatic rings. The Morgan fingerprint density at radius 3 is 2.77 bits per heavy atom. The Bertz CT molecular complexity index is 566. The maximum Gasteiger partial charge on any atom is 0.263 e. The minimum absolute atomic E-state index is 0.194. The van der Waals surface area contributed by atoms with E-state index in [9.17, 15) is 4.79 Å². The molecule has 1 spiro atoms. The molecule has 120 valence electrons. The molecule has 0 saturated carbocycles. The van der Waals surface area contributed by atoms with Crippen molar-refractivity contribution >= 4 is 17.2 Å². The van der Waals surface area contributed by atoms with Crippen molar-refractivity contribution in [3.63, 3.8) is 0 Å². The summed E-state index contributed by atoms with van der Waals surface area (Å²) >= 11 is 1.71. The Morgan fingerprint density at radius 2 is 2.05 bits per heavy atom. The lowest BCUT2D eigenvalue weighted by Gasteiger charge is -2.37. The number of likely N-dealkylation sites (tertiary alicyclic amines) is 1. The summed E-state index contributed by atoms with van der Waals surface area (Å²) in [5.41, 5.74) is 1.41. The molecule has 5 heteroatoms. The number of fused-ring (bicyclic) bond motifs is 1. The van der Waals surface area contributed by atoms with Gasteiger partial charge in [0.15, 0.2) is 5.79 Å². The lowest BCUT2D eigenvalue weighted by molar-refractivity contribution is -0.181. The molecule has 4 rings (SSSR count). The van der Waals surface area contributed by atoms with E-state index in [1.807, 2.05) is 4.90 Å². The van der Waals surface area contributed by atoms with Crippen molar-refractivity contribution in [3.8, 4) is 0 Å². The summed E-state index contributed by atoms with van der Waals surface area (Å²) in [6.45, 7) is 5.14. The van der Waals surface area contributed by atoms with Gasteiger partial charge in [-0.3, -0.25) is 4.79 Å². The molecule has 3 heterocycles. The molecule has 1 aromatic heterocycles. The Kier molecular flexibility index (Phi) is 3.75. The monoisotopic (exact) mass is 321 g/mol. The SMILES string of the molecule is CC1CCc2sc(C(=O)N3CCC4(CC3)OCCO4)cc2C1. The van der Waals surface area contributed by atoms with Crippen molar-refractivity contribution in [2.24, 2.45) is 5.92 Å². The van der Waals surface area contributed by atoms with E-state index < -0.39 is 5.79 Å². The van der Waals surface area contributed by atoms with Crippen molar-refractivity contribution < 1.29 is 14.3 Å². The van der Waals surface area contributed by atoms with Gasteiger partial charge in [-0.25, -0.2) is 0 Å². The molecule has 2 saturated heterocycles. The third-order valence-corrected chi connectivity index (χ3v) is 6.39. The van der Waals surface area contributed by atoms with E-state index in [0.29, 0.717) is 13.2 Å². The highest BCUT2D eigenvalue weighted by Gasteiger charge is 2.41. The first-order valence-corrected chi connectivity index (χ1v) is 9.16. The molecule has 1 unspecified atom stereocenters. The van der Waals surface area contributed by atoms with Gasteiger partial charge < -0.3 is 14.4 Å². The maximum absolute atomic E-state index is 12.8. The van der Waals surface area contributed by atoms with Crippen LogP contribution in [0.3, 0.4) is 0 Å². The van der Waals surface area contributed by atoms with Crippen LogP contribution in [0.4, 0.5) is 0 Å². The molecule has 2 fully saturated rings. The molecule has 1 amide bonds. The second kappa shape index (κ2) is 5.62. The van der Waals surface area contributed by atoms with Crippen LogP contribution in [0.2, 0.25) is 0 Å². The molecule has 2 aliphatic heterocycles. The van der Waals surface area contributed by atoms with Gasteiger partial charge in [0.1, 0.15) is 0 Å². The summed E-state index contributed by atoms with van der Waals surface area (Å²) in [6.07, 6.45) is 5.10. The molecule has 0 N–H and O–H groups in total. The van der Waals surface area contributed by atoms with Gasteiger partial charge in [-0.2, -0.15) is 0 Å². The van der Waals surface area contributed by atoms with Gasteiger partial charge >= 0.3 is 0 Å². The third kappa shape index (κ3) is 2.59. The first-order chi connectivity index (χ1) is 10.7. The van der Waals surface area contributed by atoms with E-state index in [-0.39, 0.29) is 5.91 Å². The summed E-state index contributed by atoms with van der Waals surface area (Å²) in [5.74, 6) is 0.539. The van der Waals surface area contributed by atoms with E-state index in [1.165, 1.54) is 16.9 Å². The summed E-state index contributed by atoms with van der Waals surface area (Å²) < 4.78 is 11.5. The highest BCUT2D eigenvalue weighted by Crippen LogP contribution is 2.35. The lowest BCUT2D eigenvalue weighted by Crippen LogP contribution is -2.47. The van der Waals surface area contributed by atoms with E-state index in [0.717, 1.165) is 49.6 Å². The van der Waals surface area contributed by atoms with Crippen LogP contribution in [0.15, 0.2) is 6.07 Å². The minimum Gasteiger partial charge on any atom is -0.347 e. The number of hydrogen-bond acceptors (Lipinski definition) is 4. The summed E-state index contributed by atoms with van der Waals surface area (Å²) in [5, 5.41) is 0. The van der Waals surface area contributed by atoms with Crippen molar-refractivity contribution in [1.82, 2.24) is 4.90 Å². The number of amides is 1. The van der Waals surface area contributed by atoms with Crippen LogP contribution in [0.1, 0.15) is 46.3 Å². The zero-order valence-electron chi connectivity index (χ0n) is 13.1. The highest BCUT2D eigenvalue weighted by atomic mass is 32.1. The van der Waals surface area contributed by atoms with Gasteiger partial charge in [0, 0.05) is 30.8 Å². The Hall–Kier alpha value is -0.910. The molecule has 4 nitrogen and oxygen atoms in total. The average molecular weight is 321 g/mol. The molecule has 1 aromatic rings. The van der Waals surface area contributed by atoms with Crippen LogP contribution in [0.25, 0.3) is 0 Å². The van der Waals surface area contributed by atoms with Crippen LogP contribution in [-0.2, 0) is 22.3 Å². The van der Waals surface area contributed by atoms with Crippen molar-refractivity contribution in [1.29, 1.82) is 0 Å². The van der Waals surface area contributed by atoms with Gasteiger partial charge in [-0.15, -0.1) is 11.3 Å². The van der Waals surface area contributed by atoms with Crippen molar-refractivity contribution in [3.05, 3.63) is 21.4 Å². The van der Waals surface area contributed by atoms with E-state index in [1.54, 1.807) is 11.3 Å². The van der Waals surface area contributed by atoms with Crippen LogP contribution < -0.4 is 0 Å². The predicted molar refractivity (Wildman–Crippen MR) is 85.3 cm³/mol. The number of carbonyl (C=O) groups excluding carboxylic acids is 1. The van der Waals surface area contributed by atoms with Gasteiger partial charge in [0.25, 0.3) is 5.91 Å². The van der Waals surface area contributed by atoms with E-state index >= 15 is 0 Å². The first-order valence-electron chi connectivity index (χ1n) is 8.34. The quantitative estimate of drug-likeness (QED) is 0.798. The number of carbonyl (C=O) groups is 1. The van der Waals surface area contributed by atoms with Gasteiger partial charge in [-0.1, -0.05) is 6.92 Å². The maximum atomic E-state index is 12.8. The highest BCUT2D eigenvalue weighted by molar-refractivity contribution is 7.14. The fraction of sp³-hybridized carbons (Fsp3) is 0.706. The van der Waals surface area contributed by atoms with Crippen molar-refractivity contribution in [2.45, 2.75) is 44.8 Å². The number of thiophene rings is 1. The fourth-order valence-corrected chi connectivity index (χ4v) is 4.98. The number of piperidine rings is 1. The van der Waals surface area contributed by atoms with Gasteiger partial charge in [0.2, 0.25) is 0 Å². The standard InChI is InChI=1S/C17H23NO3S/c1-12-2-3-14-13(10-12)11-15(22-14)16(19)18-6-4-17(5-7-18)20-8-9-21-17/h11-12H,2-10H2,1H3. The van der Waals surface area contributed by atoms with Crippen molar-refractivity contribution in [2.75, 3.05) is 26.3 Å². The first kappa shape index (κ1) is 14.7. The molecule has 0 aromatic carbocycles.